The molecule has 4 heteroatoms. The molecule has 2 rings (SSSR count). The lowest BCUT2D eigenvalue weighted by molar-refractivity contribution is -0.120. The Kier molecular flexibility index (Phi) is 4.16. The van der Waals surface area contributed by atoms with Gasteiger partial charge in [-0.1, -0.05) is 19.9 Å². The van der Waals surface area contributed by atoms with E-state index < -0.39 is 5.54 Å². The first kappa shape index (κ1) is 15.0. The van der Waals surface area contributed by atoms with Crippen molar-refractivity contribution >= 4 is 11.6 Å². The van der Waals surface area contributed by atoms with Gasteiger partial charge in [-0.25, -0.2) is 0 Å². The van der Waals surface area contributed by atoms with Crippen molar-refractivity contribution in [2.45, 2.75) is 46.3 Å². The molecule has 0 saturated carbocycles. The van der Waals surface area contributed by atoms with Crippen molar-refractivity contribution in [3.8, 4) is 0 Å². The normalized spacial score (nSPS) is 15.5. The summed E-state index contributed by atoms with van der Waals surface area (Å²) in [5.41, 5.74) is 8.43. The molecule has 0 aliphatic carbocycles. The van der Waals surface area contributed by atoms with E-state index in [4.69, 9.17) is 5.73 Å². The molecule has 0 fully saturated rings. The summed E-state index contributed by atoms with van der Waals surface area (Å²) in [6.07, 6.45) is 0. The smallest absolute Gasteiger partial charge is 0.243 e. The monoisotopic (exact) mass is 275 g/mol. The molecule has 110 valence electrons. The number of nitrogens with zero attached hydrogens (tertiary/aromatic N) is 1. The molecule has 0 aromatic heterocycles. The number of amides is 1. The molecule has 4 nitrogen and oxygen atoms in total. The molecular weight excluding hydrogens is 250 g/mol. The fourth-order valence-corrected chi connectivity index (χ4v) is 2.48. The van der Waals surface area contributed by atoms with Gasteiger partial charge in [-0.15, -0.1) is 0 Å². The SMILES string of the molecule is CC(C)CN1Cc2ccc(NC(=O)C(C)(C)N)cc2C1. The van der Waals surface area contributed by atoms with Gasteiger partial charge in [0.2, 0.25) is 5.91 Å². The van der Waals surface area contributed by atoms with Gasteiger partial charge in [-0.3, -0.25) is 9.69 Å². The molecule has 0 spiro atoms. The number of anilines is 1. The summed E-state index contributed by atoms with van der Waals surface area (Å²) in [5, 5.41) is 2.88. The zero-order valence-corrected chi connectivity index (χ0v) is 12.9. The van der Waals surface area contributed by atoms with Gasteiger partial charge in [0, 0.05) is 25.3 Å². The third-order valence-corrected chi connectivity index (χ3v) is 3.46. The maximum atomic E-state index is 11.9. The zero-order chi connectivity index (χ0) is 14.9. The van der Waals surface area contributed by atoms with Crippen molar-refractivity contribution in [3.05, 3.63) is 29.3 Å². The highest BCUT2D eigenvalue weighted by atomic mass is 16.2. The lowest BCUT2D eigenvalue weighted by Gasteiger charge is -2.18. The molecule has 1 aliphatic heterocycles. The Bertz CT molecular complexity index is 503. The predicted octanol–water partition coefficient (Wildman–Crippen LogP) is 2.33. The number of benzene rings is 1. The largest absolute Gasteiger partial charge is 0.325 e. The number of carbonyl (C=O) groups is 1. The van der Waals surface area contributed by atoms with Crippen LogP contribution in [0.4, 0.5) is 5.69 Å². The summed E-state index contributed by atoms with van der Waals surface area (Å²) in [4.78, 5) is 14.3. The van der Waals surface area contributed by atoms with Crippen molar-refractivity contribution in [2.75, 3.05) is 11.9 Å². The van der Waals surface area contributed by atoms with Crippen molar-refractivity contribution in [1.82, 2.24) is 4.90 Å². The van der Waals surface area contributed by atoms with Gasteiger partial charge in [0.25, 0.3) is 0 Å². The number of fused-ring (bicyclic) bond motifs is 1. The van der Waals surface area contributed by atoms with Crippen LogP contribution < -0.4 is 11.1 Å². The number of nitrogens with two attached hydrogens (primary N) is 1. The summed E-state index contributed by atoms with van der Waals surface area (Å²) in [6, 6.07) is 6.13. The topological polar surface area (TPSA) is 58.4 Å². The van der Waals surface area contributed by atoms with Crippen LogP contribution >= 0.6 is 0 Å². The fourth-order valence-electron chi connectivity index (χ4n) is 2.48. The number of carbonyl (C=O) groups excluding carboxylic acids is 1. The molecule has 1 aromatic carbocycles. The van der Waals surface area contributed by atoms with Gasteiger partial charge in [0.05, 0.1) is 5.54 Å². The molecule has 1 aliphatic rings. The first-order valence-corrected chi connectivity index (χ1v) is 7.20. The minimum absolute atomic E-state index is 0.158. The summed E-state index contributed by atoms with van der Waals surface area (Å²) in [7, 11) is 0. The van der Waals surface area contributed by atoms with Gasteiger partial charge in [0.15, 0.2) is 0 Å². The second-order valence-electron chi connectivity index (χ2n) is 6.72. The average molecular weight is 275 g/mol. The highest BCUT2D eigenvalue weighted by Gasteiger charge is 2.23. The summed E-state index contributed by atoms with van der Waals surface area (Å²) < 4.78 is 0. The van der Waals surface area contributed by atoms with E-state index in [1.807, 2.05) is 6.07 Å². The van der Waals surface area contributed by atoms with Crippen LogP contribution in [0.1, 0.15) is 38.8 Å². The first-order chi connectivity index (χ1) is 9.25. The van der Waals surface area contributed by atoms with E-state index in [0.717, 1.165) is 25.3 Å². The molecule has 0 saturated heterocycles. The van der Waals surface area contributed by atoms with E-state index in [2.05, 4.69) is 36.2 Å². The van der Waals surface area contributed by atoms with Crippen molar-refractivity contribution < 1.29 is 4.79 Å². The van der Waals surface area contributed by atoms with Gasteiger partial charge < -0.3 is 11.1 Å². The quantitative estimate of drug-likeness (QED) is 0.886. The Morgan fingerprint density at radius 2 is 2.00 bits per heavy atom. The second-order valence-corrected chi connectivity index (χ2v) is 6.72. The molecule has 0 radical (unpaired) electrons. The van der Waals surface area contributed by atoms with Crippen LogP contribution in [0.15, 0.2) is 18.2 Å². The van der Waals surface area contributed by atoms with E-state index in [1.54, 1.807) is 13.8 Å². The maximum absolute atomic E-state index is 11.9. The third kappa shape index (κ3) is 3.58. The van der Waals surface area contributed by atoms with Crippen LogP contribution in [-0.2, 0) is 17.9 Å². The Balaban J connectivity index is 2.06. The number of rotatable bonds is 4. The van der Waals surface area contributed by atoms with Crippen LogP contribution in [0.2, 0.25) is 0 Å². The Morgan fingerprint density at radius 3 is 2.60 bits per heavy atom. The van der Waals surface area contributed by atoms with Crippen LogP contribution in [0.5, 0.6) is 0 Å². The van der Waals surface area contributed by atoms with Gasteiger partial charge >= 0.3 is 0 Å². The van der Waals surface area contributed by atoms with Crippen LogP contribution in [0.3, 0.4) is 0 Å². The number of nitrogens with one attached hydrogen (secondary N) is 1. The van der Waals surface area contributed by atoms with E-state index >= 15 is 0 Å². The lowest BCUT2D eigenvalue weighted by Crippen LogP contribution is -2.45. The first-order valence-electron chi connectivity index (χ1n) is 7.20. The average Bonchev–Trinajstić information content (AvgIpc) is 2.67. The van der Waals surface area contributed by atoms with Gasteiger partial charge in [-0.05, 0) is 43.0 Å². The summed E-state index contributed by atoms with van der Waals surface area (Å²) in [6.45, 7) is 11.0. The van der Waals surface area contributed by atoms with E-state index in [9.17, 15) is 4.79 Å². The van der Waals surface area contributed by atoms with Crippen LogP contribution in [-0.4, -0.2) is 22.9 Å². The molecule has 1 heterocycles. The minimum Gasteiger partial charge on any atom is -0.325 e. The standard InChI is InChI=1S/C16H25N3O/c1-11(2)8-19-9-12-5-6-14(7-13(12)10-19)18-15(20)16(3,4)17/h5-7,11H,8-10,17H2,1-4H3,(H,18,20). The maximum Gasteiger partial charge on any atom is 0.243 e. The highest BCUT2D eigenvalue weighted by molar-refractivity contribution is 5.97. The Morgan fingerprint density at radius 1 is 1.35 bits per heavy atom. The molecule has 0 unspecified atom stereocenters. The number of hydrogen-bond donors (Lipinski definition) is 2. The third-order valence-electron chi connectivity index (χ3n) is 3.46. The van der Waals surface area contributed by atoms with Gasteiger partial charge in [-0.2, -0.15) is 0 Å². The summed E-state index contributed by atoms with van der Waals surface area (Å²) in [5.74, 6) is 0.510. The van der Waals surface area contributed by atoms with Crippen LogP contribution in [0.25, 0.3) is 0 Å². The van der Waals surface area contributed by atoms with E-state index in [0.29, 0.717) is 5.92 Å². The van der Waals surface area contributed by atoms with E-state index in [1.165, 1.54) is 11.1 Å². The van der Waals surface area contributed by atoms with Crippen molar-refractivity contribution in [3.63, 3.8) is 0 Å². The van der Waals surface area contributed by atoms with Crippen LogP contribution in [0, 0.1) is 5.92 Å². The van der Waals surface area contributed by atoms with Gasteiger partial charge in [0.1, 0.15) is 0 Å². The molecule has 0 atom stereocenters. The molecule has 0 bridgehead atoms. The van der Waals surface area contributed by atoms with Crippen molar-refractivity contribution in [2.24, 2.45) is 11.7 Å². The fraction of sp³-hybridized carbons (Fsp3) is 0.562. The van der Waals surface area contributed by atoms with E-state index in [-0.39, 0.29) is 5.91 Å². The second kappa shape index (κ2) is 5.54. The summed E-state index contributed by atoms with van der Waals surface area (Å²) >= 11 is 0. The zero-order valence-electron chi connectivity index (χ0n) is 12.9. The molecule has 1 amide bonds. The Hall–Kier alpha value is -1.39. The molecule has 1 aromatic rings. The minimum atomic E-state index is -0.858. The van der Waals surface area contributed by atoms with Crippen molar-refractivity contribution in [1.29, 1.82) is 0 Å². The Labute approximate surface area is 121 Å². The highest BCUT2D eigenvalue weighted by Crippen LogP contribution is 2.26. The predicted molar refractivity (Wildman–Crippen MR) is 82.3 cm³/mol. The number of hydrogen-bond acceptors (Lipinski definition) is 3. The lowest BCUT2D eigenvalue weighted by atomic mass is 10.1. The molecule has 3 N–H and O–H groups in total. The molecule has 20 heavy (non-hydrogen) atoms. The molecular formula is C16H25N3O.